The van der Waals surface area contributed by atoms with Crippen molar-refractivity contribution in [2.24, 2.45) is 0 Å². The molecule has 0 spiro atoms. The summed E-state index contributed by atoms with van der Waals surface area (Å²) in [5.41, 5.74) is 4.14. The van der Waals surface area contributed by atoms with E-state index in [1.807, 2.05) is 0 Å². The van der Waals surface area contributed by atoms with E-state index in [2.05, 4.69) is 18.2 Å². The van der Waals surface area contributed by atoms with Crippen molar-refractivity contribution in [2.75, 3.05) is 6.61 Å². The van der Waals surface area contributed by atoms with Crippen LogP contribution in [0.5, 0.6) is 0 Å². The lowest BCUT2D eigenvalue weighted by molar-refractivity contribution is -0.119. The molecule has 1 unspecified atom stereocenters. The van der Waals surface area contributed by atoms with Crippen LogP contribution in [-0.4, -0.2) is 18.5 Å². The third kappa shape index (κ3) is 3.49. The summed E-state index contributed by atoms with van der Waals surface area (Å²) in [5, 5.41) is 0. The van der Waals surface area contributed by atoms with Gasteiger partial charge in [-0.25, -0.2) is 0 Å². The van der Waals surface area contributed by atoms with E-state index < -0.39 is 0 Å². The molecule has 1 aliphatic heterocycles. The molecule has 1 aliphatic carbocycles. The van der Waals surface area contributed by atoms with Gasteiger partial charge in [-0.15, -0.1) is 0 Å². The van der Waals surface area contributed by atoms with E-state index in [1.165, 1.54) is 48.8 Å². The molecule has 0 aromatic heterocycles. The van der Waals surface area contributed by atoms with Gasteiger partial charge in [0.25, 0.3) is 0 Å². The molecule has 1 aromatic carbocycles. The summed E-state index contributed by atoms with van der Waals surface area (Å²) in [6, 6.07) is 6.60. The second-order valence-corrected chi connectivity index (χ2v) is 6.20. The fourth-order valence-electron chi connectivity index (χ4n) is 3.41. The Balaban J connectivity index is 1.48. The first-order valence-corrected chi connectivity index (χ1v) is 8.05. The van der Waals surface area contributed by atoms with Crippen molar-refractivity contribution in [3.63, 3.8) is 0 Å². The molecule has 0 bridgehead atoms. The number of carbonyl (C=O) groups excluding carboxylic acids is 1. The normalized spacial score (nSPS) is 21.7. The second-order valence-electron chi connectivity index (χ2n) is 6.20. The number of hydrogen-bond donors (Lipinski definition) is 0. The number of rotatable bonds is 5. The molecule has 3 rings (SSSR count). The first kappa shape index (κ1) is 13.8. The van der Waals surface area contributed by atoms with Crippen LogP contribution in [0.2, 0.25) is 0 Å². The van der Waals surface area contributed by atoms with Crippen molar-refractivity contribution in [3.8, 4) is 0 Å². The van der Waals surface area contributed by atoms with Crippen molar-refractivity contribution in [3.05, 3.63) is 34.9 Å². The minimum absolute atomic E-state index is 0.327. The van der Waals surface area contributed by atoms with Gasteiger partial charge < -0.3 is 4.74 Å². The zero-order chi connectivity index (χ0) is 13.8. The lowest BCUT2D eigenvalue weighted by Crippen LogP contribution is -2.20. The van der Waals surface area contributed by atoms with Crippen LogP contribution >= 0.6 is 0 Å². The zero-order valence-corrected chi connectivity index (χ0v) is 12.2. The minimum atomic E-state index is 0.327. The summed E-state index contributed by atoms with van der Waals surface area (Å²) in [6.45, 7) is 0.879. The van der Waals surface area contributed by atoms with Crippen LogP contribution in [0.3, 0.4) is 0 Å². The number of ketones is 1. The van der Waals surface area contributed by atoms with Gasteiger partial charge in [-0.05, 0) is 61.6 Å². The summed E-state index contributed by atoms with van der Waals surface area (Å²) in [7, 11) is 0. The molecule has 2 nitrogen and oxygen atoms in total. The molecule has 108 valence electrons. The van der Waals surface area contributed by atoms with Gasteiger partial charge in [-0.2, -0.15) is 0 Å². The van der Waals surface area contributed by atoms with E-state index in [4.69, 9.17) is 4.74 Å². The molecule has 1 heterocycles. The molecule has 0 N–H and O–H groups in total. The van der Waals surface area contributed by atoms with Crippen molar-refractivity contribution in [1.82, 2.24) is 0 Å². The predicted octanol–water partition coefficient (Wildman–Crippen LogP) is 3.64. The standard InChI is InChI=1S/C18H24O2/c19-17(9-10-18-6-1-2-11-20-18)13-14-7-8-15-4-3-5-16(15)12-14/h7-8,12,18H,1-6,9-11,13H2. The van der Waals surface area contributed by atoms with Gasteiger partial charge in [0.15, 0.2) is 0 Å². The molecule has 0 amide bonds. The van der Waals surface area contributed by atoms with E-state index in [1.54, 1.807) is 0 Å². The quantitative estimate of drug-likeness (QED) is 0.818. The maximum atomic E-state index is 12.1. The highest BCUT2D eigenvalue weighted by Crippen LogP contribution is 2.23. The summed E-state index contributed by atoms with van der Waals surface area (Å²) < 4.78 is 5.69. The van der Waals surface area contributed by atoms with Crippen LogP contribution in [0, 0.1) is 0 Å². The Morgan fingerprint density at radius 2 is 2.05 bits per heavy atom. The smallest absolute Gasteiger partial charge is 0.137 e. The van der Waals surface area contributed by atoms with Crippen molar-refractivity contribution in [2.45, 2.75) is 63.9 Å². The highest BCUT2D eigenvalue weighted by atomic mass is 16.5. The highest BCUT2D eigenvalue weighted by molar-refractivity contribution is 5.80. The number of carbonyl (C=O) groups is 1. The van der Waals surface area contributed by atoms with Gasteiger partial charge in [0.2, 0.25) is 0 Å². The van der Waals surface area contributed by atoms with Gasteiger partial charge >= 0.3 is 0 Å². The predicted molar refractivity (Wildman–Crippen MR) is 80.0 cm³/mol. The van der Waals surface area contributed by atoms with Crippen LogP contribution in [0.4, 0.5) is 0 Å². The Morgan fingerprint density at radius 1 is 1.15 bits per heavy atom. The molecule has 1 saturated heterocycles. The Labute approximate surface area is 121 Å². The molecule has 1 fully saturated rings. The van der Waals surface area contributed by atoms with Crippen LogP contribution < -0.4 is 0 Å². The first-order chi connectivity index (χ1) is 9.81. The van der Waals surface area contributed by atoms with E-state index in [0.717, 1.165) is 19.4 Å². The zero-order valence-electron chi connectivity index (χ0n) is 12.2. The summed E-state index contributed by atoms with van der Waals surface area (Å²) in [6.07, 6.45) is 9.73. The van der Waals surface area contributed by atoms with Crippen LogP contribution in [-0.2, 0) is 28.8 Å². The number of hydrogen-bond acceptors (Lipinski definition) is 2. The Morgan fingerprint density at radius 3 is 2.90 bits per heavy atom. The molecular weight excluding hydrogens is 248 g/mol. The average Bonchev–Trinajstić information content (AvgIpc) is 2.94. The van der Waals surface area contributed by atoms with E-state index in [9.17, 15) is 4.79 Å². The monoisotopic (exact) mass is 272 g/mol. The van der Waals surface area contributed by atoms with Crippen molar-refractivity contribution < 1.29 is 9.53 Å². The lowest BCUT2D eigenvalue weighted by Gasteiger charge is -2.22. The van der Waals surface area contributed by atoms with Gasteiger partial charge in [0, 0.05) is 19.4 Å². The van der Waals surface area contributed by atoms with Crippen LogP contribution in [0.15, 0.2) is 18.2 Å². The Hall–Kier alpha value is -1.15. The Bertz CT molecular complexity index is 472. The van der Waals surface area contributed by atoms with E-state index >= 15 is 0 Å². The number of Topliss-reactive ketones (excluding diaryl/α,β-unsaturated/α-hetero) is 1. The van der Waals surface area contributed by atoms with Gasteiger partial charge in [0.1, 0.15) is 5.78 Å². The maximum absolute atomic E-state index is 12.1. The molecule has 1 atom stereocenters. The van der Waals surface area contributed by atoms with Crippen LogP contribution in [0.25, 0.3) is 0 Å². The van der Waals surface area contributed by atoms with Gasteiger partial charge in [0.05, 0.1) is 6.10 Å². The first-order valence-electron chi connectivity index (χ1n) is 8.05. The maximum Gasteiger partial charge on any atom is 0.137 e. The highest BCUT2D eigenvalue weighted by Gasteiger charge is 2.16. The molecule has 20 heavy (non-hydrogen) atoms. The molecule has 0 radical (unpaired) electrons. The van der Waals surface area contributed by atoms with Gasteiger partial charge in [-0.1, -0.05) is 18.2 Å². The molecule has 2 heteroatoms. The fourth-order valence-corrected chi connectivity index (χ4v) is 3.41. The fraction of sp³-hybridized carbons (Fsp3) is 0.611. The van der Waals surface area contributed by atoms with Crippen molar-refractivity contribution >= 4 is 5.78 Å². The number of aryl methyl sites for hydroxylation is 2. The summed E-state index contributed by atoms with van der Waals surface area (Å²) in [4.78, 5) is 12.1. The lowest BCUT2D eigenvalue weighted by atomic mass is 9.98. The minimum Gasteiger partial charge on any atom is -0.378 e. The third-order valence-electron chi connectivity index (χ3n) is 4.58. The van der Waals surface area contributed by atoms with E-state index in [-0.39, 0.29) is 0 Å². The van der Waals surface area contributed by atoms with Crippen LogP contribution in [0.1, 0.15) is 55.2 Å². The van der Waals surface area contributed by atoms with Crippen molar-refractivity contribution in [1.29, 1.82) is 0 Å². The number of benzene rings is 1. The SMILES string of the molecule is O=C(CCC1CCCCO1)Cc1ccc2c(c1)CCC2. The number of ether oxygens (including phenoxy) is 1. The molecule has 0 saturated carbocycles. The second kappa shape index (κ2) is 6.53. The summed E-state index contributed by atoms with van der Waals surface area (Å²) in [5.74, 6) is 0.358. The average molecular weight is 272 g/mol. The topological polar surface area (TPSA) is 26.3 Å². The molecule has 1 aromatic rings. The molecule has 2 aliphatic rings. The summed E-state index contributed by atoms with van der Waals surface area (Å²) >= 11 is 0. The number of fused-ring (bicyclic) bond motifs is 1. The van der Waals surface area contributed by atoms with Gasteiger partial charge in [-0.3, -0.25) is 4.79 Å². The third-order valence-corrected chi connectivity index (χ3v) is 4.58. The van der Waals surface area contributed by atoms with E-state index in [0.29, 0.717) is 24.7 Å². The largest absolute Gasteiger partial charge is 0.378 e. The Kier molecular flexibility index (Phi) is 4.51. The molecular formula is C18H24O2.